The molecule has 0 aliphatic heterocycles. The number of amides is 1. The number of aryl methyl sites for hydroxylation is 1. The molecular weight excluding hydrogens is 316 g/mol. The van der Waals surface area contributed by atoms with Gasteiger partial charge in [0.2, 0.25) is 0 Å². The van der Waals surface area contributed by atoms with Crippen LogP contribution in [0.1, 0.15) is 65.0 Å². The Labute approximate surface area is 147 Å². The number of anilines is 1. The van der Waals surface area contributed by atoms with Crippen LogP contribution in [-0.2, 0) is 6.42 Å². The van der Waals surface area contributed by atoms with E-state index in [-0.39, 0.29) is 11.3 Å². The summed E-state index contributed by atoms with van der Waals surface area (Å²) in [4.78, 5) is 13.9. The highest BCUT2D eigenvalue weighted by molar-refractivity contribution is 7.16. The molecule has 0 saturated carbocycles. The largest absolute Gasteiger partial charge is 0.312 e. The number of carbonyl (C=O) groups excluding carboxylic acids is 1. The van der Waals surface area contributed by atoms with Crippen LogP contribution in [-0.4, -0.2) is 5.91 Å². The van der Waals surface area contributed by atoms with Gasteiger partial charge in [-0.3, -0.25) is 4.79 Å². The fraction of sp³-hybridized carbons (Fsp3) is 0.400. The predicted octanol–water partition coefficient (Wildman–Crippen LogP) is 5.26. The van der Waals surface area contributed by atoms with Gasteiger partial charge in [0, 0.05) is 10.4 Å². The average Bonchev–Trinajstić information content (AvgIpc) is 2.83. The Kier molecular flexibility index (Phi) is 4.23. The monoisotopic (exact) mass is 338 g/mol. The lowest BCUT2D eigenvalue weighted by Gasteiger charge is -2.33. The summed E-state index contributed by atoms with van der Waals surface area (Å²) in [7, 11) is 0. The first kappa shape index (κ1) is 16.7. The van der Waals surface area contributed by atoms with Crippen LogP contribution >= 0.6 is 11.3 Å². The summed E-state index contributed by atoms with van der Waals surface area (Å²) in [5.74, 6) is 0.278. The van der Waals surface area contributed by atoms with E-state index in [4.69, 9.17) is 0 Å². The van der Waals surface area contributed by atoms with Gasteiger partial charge in [-0.15, -0.1) is 11.3 Å². The summed E-state index contributed by atoms with van der Waals surface area (Å²) in [6.07, 6.45) is 2.00. The van der Waals surface area contributed by atoms with Crippen LogP contribution in [0.4, 0.5) is 5.00 Å². The molecule has 1 amide bonds. The summed E-state index contributed by atoms with van der Waals surface area (Å²) >= 11 is 1.57. The predicted molar refractivity (Wildman–Crippen MR) is 98.7 cm³/mol. The van der Waals surface area contributed by atoms with Gasteiger partial charge >= 0.3 is 0 Å². The van der Waals surface area contributed by atoms with Crippen LogP contribution in [0.5, 0.6) is 0 Å². The Balaban J connectivity index is 1.98. The minimum absolute atomic E-state index is 0.143. The van der Waals surface area contributed by atoms with Crippen molar-refractivity contribution in [3.05, 3.63) is 51.4 Å². The Morgan fingerprint density at radius 3 is 2.75 bits per heavy atom. The van der Waals surface area contributed by atoms with Crippen LogP contribution in [0, 0.1) is 23.7 Å². The van der Waals surface area contributed by atoms with Crippen LogP contribution < -0.4 is 5.32 Å². The lowest BCUT2D eigenvalue weighted by molar-refractivity contribution is 0.102. The maximum absolute atomic E-state index is 12.6. The smallest absolute Gasteiger partial charge is 0.256 e. The van der Waals surface area contributed by atoms with E-state index in [0.717, 1.165) is 24.0 Å². The number of nitrogens with zero attached hydrogens (tertiary/aromatic N) is 1. The van der Waals surface area contributed by atoms with E-state index in [9.17, 15) is 10.1 Å². The van der Waals surface area contributed by atoms with Gasteiger partial charge in [0.05, 0.1) is 5.56 Å². The number of carbonyl (C=O) groups is 1. The van der Waals surface area contributed by atoms with Crippen LogP contribution in [0.25, 0.3) is 0 Å². The Hall–Kier alpha value is -2.12. The minimum atomic E-state index is -0.143. The molecule has 2 aromatic rings. The third-order valence-electron chi connectivity index (χ3n) is 4.73. The van der Waals surface area contributed by atoms with Crippen molar-refractivity contribution in [3.63, 3.8) is 0 Å². The van der Waals surface area contributed by atoms with Crippen molar-refractivity contribution >= 4 is 22.2 Å². The molecular formula is C20H22N2OS. The number of nitriles is 1. The highest BCUT2D eigenvalue weighted by Gasteiger charge is 2.34. The number of rotatable bonds is 2. The van der Waals surface area contributed by atoms with E-state index in [1.165, 1.54) is 4.88 Å². The van der Waals surface area contributed by atoms with E-state index in [1.807, 2.05) is 31.2 Å². The van der Waals surface area contributed by atoms with Gasteiger partial charge < -0.3 is 5.32 Å². The fourth-order valence-corrected chi connectivity index (χ4v) is 4.95. The summed E-state index contributed by atoms with van der Waals surface area (Å²) in [5.41, 5.74) is 3.56. The highest BCUT2D eigenvalue weighted by atomic mass is 32.1. The first-order chi connectivity index (χ1) is 11.3. The van der Waals surface area contributed by atoms with Gasteiger partial charge in [0.25, 0.3) is 5.91 Å². The third kappa shape index (κ3) is 2.97. The van der Waals surface area contributed by atoms with Gasteiger partial charge in [0.15, 0.2) is 0 Å². The number of thiophene rings is 1. The number of nitrogens with one attached hydrogen (secondary N) is 1. The summed E-state index contributed by atoms with van der Waals surface area (Å²) in [6.45, 7) is 8.63. The second-order valence-electron chi connectivity index (χ2n) is 7.48. The molecule has 3 rings (SSSR count). The molecule has 1 heterocycles. The Bertz CT molecular complexity index is 842. The average molecular weight is 338 g/mol. The van der Waals surface area contributed by atoms with E-state index in [0.29, 0.717) is 22.0 Å². The zero-order chi connectivity index (χ0) is 17.5. The standard InChI is InChI=1S/C20H22N2OS/c1-12-7-5-6-8-14(12)18(23)22-19-16(11-21)15-10-20(3,4)9-13(2)17(15)24-19/h5-8,13H,9-10H2,1-4H3,(H,22,23)/t13-/m0/s1. The molecule has 1 aliphatic carbocycles. The molecule has 0 bridgehead atoms. The second kappa shape index (κ2) is 6.07. The SMILES string of the molecule is Cc1ccccc1C(=O)Nc1sc2c(c1C#N)CC(C)(C)C[C@@H]2C. The van der Waals surface area contributed by atoms with Crippen LogP contribution in [0.15, 0.2) is 24.3 Å². The number of fused-ring (bicyclic) bond motifs is 1. The molecule has 0 spiro atoms. The molecule has 3 nitrogen and oxygen atoms in total. The Morgan fingerprint density at radius 1 is 1.38 bits per heavy atom. The first-order valence-electron chi connectivity index (χ1n) is 8.25. The van der Waals surface area contributed by atoms with Gasteiger partial charge in [-0.2, -0.15) is 5.26 Å². The quantitative estimate of drug-likeness (QED) is 0.812. The molecule has 1 N–H and O–H groups in total. The molecule has 1 aromatic carbocycles. The third-order valence-corrected chi connectivity index (χ3v) is 6.11. The Morgan fingerprint density at radius 2 is 2.08 bits per heavy atom. The summed E-state index contributed by atoms with van der Waals surface area (Å²) in [5, 5.41) is 13.3. The van der Waals surface area contributed by atoms with Gasteiger partial charge in [-0.05, 0) is 48.3 Å². The number of hydrogen-bond donors (Lipinski definition) is 1. The van der Waals surface area contributed by atoms with Crippen molar-refractivity contribution in [2.75, 3.05) is 5.32 Å². The molecule has 0 fully saturated rings. The molecule has 0 radical (unpaired) electrons. The minimum Gasteiger partial charge on any atom is -0.312 e. The van der Waals surface area contributed by atoms with Crippen molar-refractivity contribution < 1.29 is 4.79 Å². The maximum Gasteiger partial charge on any atom is 0.256 e. The van der Waals surface area contributed by atoms with Crippen molar-refractivity contribution in [3.8, 4) is 6.07 Å². The van der Waals surface area contributed by atoms with Crippen LogP contribution in [0.3, 0.4) is 0 Å². The van der Waals surface area contributed by atoms with E-state index in [2.05, 4.69) is 32.2 Å². The lowest BCUT2D eigenvalue weighted by atomic mass is 9.72. The molecule has 4 heteroatoms. The zero-order valence-electron chi connectivity index (χ0n) is 14.6. The molecule has 1 atom stereocenters. The molecule has 1 aliphatic rings. The van der Waals surface area contributed by atoms with Gasteiger partial charge in [-0.25, -0.2) is 0 Å². The lowest BCUT2D eigenvalue weighted by Crippen LogP contribution is -2.23. The van der Waals surface area contributed by atoms with E-state index in [1.54, 1.807) is 11.3 Å². The van der Waals surface area contributed by atoms with E-state index >= 15 is 0 Å². The van der Waals surface area contributed by atoms with Crippen molar-refractivity contribution in [1.82, 2.24) is 0 Å². The topological polar surface area (TPSA) is 52.9 Å². The summed E-state index contributed by atoms with van der Waals surface area (Å²) in [6, 6.07) is 9.84. The molecule has 0 saturated heterocycles. The molecule has 0 unspecified atom stereocenters. The zero-order valence-corrected chi connectivity index (χ0v) is 15.4. The first-order valence-corrected chi connectivity index (χ1v) is 9.06. The van der Waals surface area contributed by atoms with Gasteiger partial charge in [0.1, 0.15) is 11.1 Å². The molecule has 24 heavy (non-hydrogen) atoms. The van der Waals surface area contributed by atoms with Crippen molar-refractivity contribution in [2.45, 2.75) is 46.5 Å². The summed E-state index contributed by atoms with van der Waals surface area (Å²) < 4.78 is 0. The van der Waals surface area contributed by atoms with Crippen LogP contribution in [0.2, 0.25) is 0 Å². The normalized spacial score (nSPS) is 18.5. The van der Waals surface area contributed by atoms with Crippen molar-refractivity contribution in [2.24, 2.45) is 5.41 Å². The number of benzene rings is 1. The highest BCUT2D eigenvalue weighted by Crippen LogP contribution is 2.48. The number of hydrogen-bond acceptors (Lipinski definition) is 3. The molecule has 1 aromatic heterocycles. The van der Waals surface area contributed by atoms with Gasteiger partial charge in [-0.1, -0.05) is 39.0 Å². The fourth-order valence-electron chi connectivity index (χ4n) is 3.73. The second-order valence-corrected chi connectivity index (χ2v) is 8.53. The maximum atomic E-state index is 12.6. The van der Waals surface area contributed by atoms with Crippen molar-refractivity contribution in [1.29, 1.82) is 5.26 Å². The molecule has 124 valence electrons. The van der Waals surface area contributed by atoms with E-state index < -0.39 is 0 Å².